The second kappa shape index (κ2) is 14.4. The van der Waals surface area contributed by atoms with Crippen molar-refractivity contribution in [2.24, 2.45) is 0 Å². The Morgan fingerprint density at radius 2 is 1.68 bits per heavy atom. The van der Waals surface area contributed by atoms with Gasteiger partial charge in [0.2, 0.25) is 0 Å². The maximum Gasteiger partial charge on any atom is 1.00 e. The van der Waals surface area contributed by atoms with Crippen molar-refractivity contribution < 1.29 is 48.3 Å². The molecule has 3 unspecified atom stereocenters. The minimum Gasteiger partial charge on any atom is -0.544 e. The summed E-state index contributed by atoms with van der Waals surface area (Å²) in [6.45, 7) is 5.65. The molecular weight excluding hydrogens is 317 g/mol. The third-order valence-corrected chi connectivity index (χ3v) is 4.67. The summed E-state index contributed by atoms with van der Waals surface area (Å²) in [4.78, 5) is 23.4. The average molecular weight is 350 g/mol. The van der Waals surface area contributed by atoms with E-state index >= 15 is 0 Å². The molecule has 2 N–H and O–H groups in total. The number of carboxylic acids is 2. The third kappa shape index (κ3) is 7.96. The summed E-state index contributed by atoms with van der Waals surface area (Å²) >= 11 is 0. The van der Waals surface area contributed by atoms with Crippen molar-refractivity contribution in [3.63, 3.8) is 0 Å². The molecule has 0 rings (SSSR count). The van der Waals surface area contributed by atoms with E-state index in [0.717, 1.165) is 25.7 Å². The largest absolute Gasteiger partial charge is 1.00 e. The maximum atomic E-state index is 11.7. The maximum absolute atomic E-state index is 11.7. The zero-order valence-corrected chi connectivity index (χ0v) is 16.2. The fourth-order valence-electron chi connectivity index (χ4n) is 3.46. The van der Waals surface area contributed by atoms with E-state index in [2.05, 4.69) is 6.92 Å². The van der Waals surface area contributed by atoms with Crippen molar-refractivity contribution in [2.45, 2.75) is 71.4 Å². The van der Waals surface area contributed by atoms with Gasteiger partial charge in [0, 0.05) is 12.8 Å². The number of carbonyl (C=O) groups excluding carboxylic acids is 1. The van der Waals surface area contributed by atoms with Crippen molar-refractivity contribution in [2.75, 3.05) is 19.7 Å². The summed E-state index contributed by atoms with van der Waals surface area (Å²) in [5.74, 6) is -2.30. The van der Waals surface area contributed by atoms with Crippen molar-refractivity contribution in [1.29, 1.82) is 0 Å². The molecule has 0 fully saturated rings. The molecule has 140 valence electrons. The number of rotatable bonds is 14. The molecule has 7 heteroatoms. The van der Waals surface area contributed by atoms with Crippen LogP contribution in [-0.2, 0) is 9.59 Å². The van der Waals surface area contributed by atoms with Gasteiger partial charge in [-0.05, 0) is 18.9 Å². The summed E-state index contributed by atoms with van der Waals surface area (Å²) in [5.41, 5.74) is 0. The van der Waals surface area contributed by atoms with Gasteiger partial charge in [0.05, 0.1) is 19.1 Å². The first-order valence-corrected chi connectivity index (χ1v) is 8.97. The number of nitrogens with zero attached hydrogens (tertiary/aromatic N) is 1. The predicted molar refractivity (Wildman–Crippen MR) is 91.2 cm³/mol. The zero-order valence-electron chi connectivity index (χ0n) is 16.2. The van der Waals surface area contributed by atoms with E-state index in [0.29, 0.717) is 6.42 Å². The number of aliphatic hydroxyl groups excluding tert-OH is 1. The number of allylic oxidation sites excluding steroid dienone is 1. The minimum absolute atomic E-state index is 0. The molecule has 3 atom stereocenters. The Morgan fingerprint density at radius 3 is 2.08 bits per heavy atom. The topological polar surface area (TPSA) is 97.7 Å². The van der Waals surface area contributed by atoms with Crippen LogP contribution in [-0.4, -0.2) is 58.4 Å². The summed E-state index contributed by atoms with van der Waals surface area (Å²) in [5, 5.41) is 30.7. The van der Waals surface area contributed by atoms with Gasteiger partial charge in [0.25, 0.3) is 0 Å². The van der Waals surface area contributed by atoms with Crippen LogP contribution in [0.3, 0.4) is 0 Å². The molecule has 0 aromatic rings. The van der Waals surface area contributed by atoms with Crippen LogP contribution in [0.25, 0.3) is 0 Å². The number of quaternary nitrogens is 1. The molecule has 0 saturated carbocycles. The molecule has 0 aromatic carbocycles. The Hall–Kier alpha value is -0.803. The molecule has 25 heavy (non-hydrogen) atoms. The average Bonchev–Trinajstić information content (AvgIpc) is 2.51. The van der Waals surface area contributed by atoms with Crippen LogP contribution in [0.1, 0.15) is 59.3 Å². The number of aliphatic carboxylic acids is 2. The van der Waals surface area contributed by atoms with E-state index < -0.39 is 24.0 Å². The second-order valence-electron chi connectivity index (χ2n) is 6.21. The number of hydrogen-bond donors (Lipinski definition) is 2. The molecule has 0 radical (unpaired) electrons. The van der Waals surface area contributed by atoms with E-state index in [9.17, 15) is 24.9 Å². The molecular formula is C18H33LiNO5+. The zero-order chi connectivity index (χ0) is 18.6. The van der Waals surface area contributed by atoms with Gasteiger partial charge < -0.3 is 20.1 Å². The molecule has 0 aliphatic rings. The summed E-state index contributed by atoms with van der Waals surface area (Å²) in [6.07, 6.45) is 8.60. The van der Waals surface area contributed by atoms with Crippen LogP contribution in [0, 0.1) is 0 Å². The van der Waals surface area contributed by atoms with Gasteiger partial charge in [-0.15, -0.1) is 0 Å². The summed E-state index contributed by atoms with van der Waals surface area (Å²) in [7, 11) is 0. The Balaban J connectivity index is 0. The number of unbranched alkanes of at least 4 members (excludes halogenated alkanes) is 3. The Morgan fingerprint density at radius 1 is 1.08 bits per heavy atom. The van der Waals surface area contributed by atoms with Crippen LogP contribution in [0.4, 0.5) is 0 Å². The molecule has 6 nitrogen and oxygen atoms in total. The first-order valence-electron chi connectivity index (χ1n) is 8.97. The molecule has 0 saturated heterocycles. The Kier molecular flexibility index (Phi) is 15.2. The standard InChI is InChI=1S/C18H33NO5.Li/c1-4-7-8-9-10-11-12-19(13-14-20,15(5-2)17(21)22)16(6-3)18(23)24;/h10-11,15-16,20H,4-9,12-14H2,1-3H3,(H-,21,22,23,24);/q;+1/b11-10+;. The van der Waals surface area contributed by atoms with E-state index in [-0.39, 0.29) is 49.5 Å². The minimum atomic E-state index is -1.26. The molecule has 0 aliphatic heterocycles. The van der Waals surface area contributed by atoms with Crippen LogP contribution < -0.4 is 24.0 Å². The normalized spacial score (nSPS) is 16.0. The van der Waals surface area contributed by atoms with Gasteiger partial charge in [0.15, 0.2) is 6.04 Å². The fourth-order valence-corrected chi connectivity index (χ4v) is 3.46. The molecule has 0 aromatic heterocycles. The first kappa shape index (κ1) is 26.4. The fraction of sp³-hybridized carbons (Fsp3) is 0.778. The van der Waals surface area contributed by atoms with E-state index in [1.807, 2.05) is 12.2 Å². The van der Waals surface area contributed by atoms with E-state index in [1.54, 1.807) is 13.8 Å². The molecule has 0 spiro atoms. The summed E-state index contributed by atoms with van der Waals surface area (Å²) < 4.78 is -0.203. The SMILES string of the molecule is CCCCC/C=C/C[N+](CCO)(C(CC)C(=O)[O-])C(CC)C(=O)O.[Li+]. The smallest absolute Gasteiger partial charge is 0.544 e. The third-order valence-electron chi connectivity index (χ3n) is 4.67. The first-order chi connectivity index (χ1) is 11.4. The number of hydrogen-bond acceptors (Lipinski definition) is 4. The van der Waals surface area contributed by atoms with Gasteiger partial charge in [-0.25, -0.2) is 4.79 Å². The Labute approximate surface area is 163 Å². The van der Waals surface area contributed by atoms with Crippen LogP contribution >= 0.6 is 0 Å². The van der Waals surface area contributed by atoms with Crippen LogP contribution in [0.15, 0.2) is 12.2 Å². The Bertz CT molecular complexity index is 392. The van der Waals surface area contributed by atoms with Gasteiger partial charge in [-0.2, -0.15) is 0 Å². The van der Waals surface area contributed by atoms with E-state index in [1.165, 1.54) is 0 Å². The van der Waals surface area contributed by atoms with Crippen molar-refractivity contribution in [3.8, 4) is 0 Å². The van der Waals surface area contributed by atoms with Gasteiger partial charge in [0.1, 0.15) is 12.6 Å². The van der Waals surface area contributed by atoms with Gasteiger partial charge in [-0.3, -0.25) is 4.48 Å². The van der Waals surface area contributed by atoms with Gasteiger partial charge in [-0.1, -0.05) is 39.7 Å². The van der Waals surface area contributed by atoms with Crippen molar-refractivity contribution >= 4 is 11.9 Å². The van der Waals surface area contributed by atoms with Gasteiger partial charge >= 0.3 is 24.8 Å². The molecule has 0 aliphatic carbocycles. The summed E-state index contributed by atoms with van der Waals surface area (Å²) in [6, 6.07) is -1.85. The quantitative estimate of drug-likeness (QED) is 0.169. The van der Waals surface area contributed by atoms with Crippen LogP contribution in [0.5, 0.6) is 0 Å². The number of aliphatic hydroxyl groups is 1. The second-order valence-corrected chi connectivity index (χ2v) is 6.21. The molecule has 0 amide bonds. The van der Waals surface area contributed by atoms with Crippen molar-refractivity contribution in [3.05, 3.63) is 12.2 Å². The molecule has 0 bridgehead atoms. The monoisotopic (exact) mass is 350 g/mol. The number of carboxylic acid groups (broad SMARTS) is 2. The predicted octanol–water partition coefficient (Wildman–Crippen LogP) is -1.67. The van der Waals surface area contributed by atoms with E-state index in [4.69, 9.17) is 0 Å². The van der Waals surface area contributed by atoms with Crippen molar-refractivity contribution in [1.82, 2.24) is 0 Å². The van der Waals surface area contributed by atoms with Crippen LogP contribution in [0.2, 0.25) is 0 Å². The molecule has 0 heterocycles. The number of carbonyl (C=O) groups is 2.